The first kappa shape index (κ1) is 16.2. The van der Waals surface area contributed by atoms with Gasteiger partial charge in [-0.05, 0) is 38.3 Å². The van der Waals surface area contributed by atoms with Crippen LogP contribution in [0.15, 0.2) is 0 Å². The van der Waals surface area contributed by atoms with Gasteiger partial charge in [0.1, 0.15) is 0 Å². The third-order valence-electron chi connectivity index (χ3n) is 4.86. The van der Waals surface area contributed by atoms with Crippen LogP contribution in [-0.2, 0) is 9.47 Å². The molecule has 0 radical (unpaired) electrons. The lowest BCUT2D eigenvalue weighted by molar-refractivity contribution is -0.115. The summed E-state index contributed by atoms with van der Waals surface area (Å²) in [5, 5.41) is 0. The molecule has 0 spiro atoms. The van der Waals surface area contributed by atoms with Gasteiger partial charge in [-0.15, -0.1) is 0 Å². The molecular formula is C16H32N2O2. The molecule has 4 nitrogen and oxygen atoms in total. The van der Waals surface area contributed by atoms with Gasteiger partial charge < -0.3 is 14.4 Å². The minimum atomic E-state index is -0.0834. The van der Waals surface area contributed by atoms with E-state index >= 15 is 0 Å². The van der Waals surface area contributed by atoms with E-state index in [1.165, 1.54) is 64.7 Å². The Kier molecular flexibility index (Phi) is 7.28. The van der Waals surface area contributed by atoms with Gasteiger partial charge in [0.05, 0.1) is 0 Å². The lowest BCUT2D eigenvalue weighted by Crippen LogP contribution is -2.38. The van der Waals surface area contributed by atoms with Crippen molar-refractivity contribution in [1.82, 2.24) is 9.80 Å². The Morgan fingerprint density at radius 1 is 0.850 bits per heavy atom. The van der Waals surface area contributed by atoms with Crippen molar-refractivity contribution in [2.24, 2.45) is 5.92 Å². The summed E-state index contributed by atoms with van der Waals surface area (Å²) < 4.78 is 10.6. The number of hydrogen-bond acceptors (Lipinski definition) is 4. The standard InChI is InChI=1S/C16H32N2O2/c1-19-16(20-2)14-18-10-6-9-17(11-12-18)13-15-7-4-3-5-8-15/h15-16H,3-14H2,1-2H3. The van der Waals surface area contributed by atoms with Gasteiger partial charge in [0.15, 0.2) is 6.29 Å². The molecule has 0 aromatic carbocycles. The summed E-state index contributed by atoms with van der Waals surface area (Å²) in [5.41, 5.74) is 0. The first-order chi connectivity index (χ1) is 9.81. The molecule has 1 aliphatic heterocycles. The molecule has 2 aliphatic rings. The maximum atomic E-state index is 5.31. The van der Waals surface area contributed by atoms with Crippen molar-refractivity contribution in [3.8, 4) is 0 Å². The highest BCUT2D eigenvalue weighted by Crippen LogP contribution is 2.24. The minimum Gasteiger partial charge on any atom is -0.355 e. The van der Waals surface area contributed by atoms with E-state index in [1.807, 2.05) is 0 Å². The lowest BCUT2D eigenvalue weighted by Gasteiger charge is -2.29. The van der Waals surface area contributed by atoms with Crippen molar-refractivity contribution in [2.45, 2.75) is 44.8 Å². The van der Waals surface area contributed by atoms with Crippen LogP contribution in [-0.4, -0.2) is 69.6 Å². The smallest absolute Gasteiger partial charge is 0.169 e. The van der Waals surface area contributed by atoms with Gasteiger partial charge in [0.25, 0.3) is 0 Å². The number of ether oxygens (including phenoxy) is 2. The van der Waals surface area contributed by atoms with Crippen LogP contribution in [0.2, 0.25) is 0 Å². The first-order valence-corrected chi connectivity index (χ1v) is 8.32. The zero-order valence-corrected chi connectivity index (χ0v) is 13.4. The van der Waals surface area contributed by atoms with E-state index in [0.717, 1.165) is 19.0 Å². The highest BCUT2D eigenvalue weighted by Gasteiger charge is 2.21. The summed E-state index contributed by atoms with van der Waals surface area (Å²) in [4.78, 5) is 5.17. The SMILES string of the molecule is COC(CN1CCCN(CC2CCCCC2)CC1)OC. The van der Waals surface area contributed by atoms with Crippen molar-refractivity contribution in [1.29, 1.82) is 0 Å². The van der Waals surface area contributed by atoms with Gasteiger partial charge in [-0.25, -0.2) is 0 Å². The molecule has 118 valence electrons. The lowest BCUT2D eigenvalue weighted by atomic mass is 9.89. The summed E-state index contributed by atoms with van der Waals surface area (Å²) in [6, 6.07) is 0. The topological polar surface area (TPSA) is 24.9 Å². The Morgan fingerprint density at radius 2 is 1.50 bits per heavy atom. The molecule has 0 bridgehead atoms. The zero-order valence-electron chi connectivity index (χ0n) is 13.4. The Labute approximate surface area is 124 Å². The summed E-state index contributed by atoms with van der Waals surface area (Å²) in [5.74, 6) is 0.959. The van der Waals surface area contributed by atoms with E-state index in [2.05, 4.69) is 9.80 Å². The number of nitrogens with zero attached hydrogens (tertiary/aromatic N) is 2. The molecule has 1 aliphatic carbocycles. The second-order valence-corrected chi connectivity index (χ2v) is 6.36. The van der Waals surface area contributed by atoms with E-state index in [-0.39, 0.29) is 6.29 Å². The van der Waals surface area contributed by atoms with Crippen molar-refractivity contribution in [2.75, 3.05) is 53.5 Å². The van der Waals surface area contributed by atoms with E-state index < -0.39 is 0 Å². The molecule has 0 N–H and O–H groups in total. The molecule has 2 fully saturated rings. The number of methoxy groups -OCH3 is 2. The molecule has 0 aromatic heterocycles. The minimum absolute atomic E-state index is 0.0834. The molecule has 0 atom stereocenters. The van der Waals surface area contributed by atoms with Crippen molar-refractivity contribution in [3.05, 3.63) is 0 Å². The van der Waals surface area contributed by atoms with Crippen molar-refractivity contribution in [3.63, 3.8) is 0 Å². The normalized spacial score (nSPS) is 24.1. The zero-order chi connectivity index (χ0) is 14.2. The second-order valence-electron chi connectivity index (χ2n) is 6.36. The molecule has 2 rings (SSSR count). The van der Waals surface area contributed by atoms with Crippen molar-refractivity contribution < 1.29 is 9.47 Å². The Balaban J connectivity index is 1.71. The van der Waals surface area contributed by atoms with Gasteiger partial charge >= 0.3 is 0 Å². The molecular weight excluding hydrogens is 252 g/mol. The van der Waals surface area contributed by atoms with Gasteiger partial charge in [-0.1, -0.05) is 19.3 Å². The fourth-order valence-electron chi connectivity index (χ4n) is 3.58. The Hall–Kier alpha value is -0.160. The van der Waals surface area contributed by atoms with Gasteiger partial charge in [0, 0.05) is 40.4 Å². The van der Waals surface area contributed by atoms with Crippen LogP contribution >= 0.6 is 0 Å². The second kappa shape index (κ2) is 8.98. The maximum absolute atomic E-state index is 5.31. The fourth-order valence-corrected chi connectivity index (χ4v) is 3.58. The number of rotatable bonds is 6. The Bertz CT molecular complexity index is 253. The third-order valence-corrected chi connectivity index (χ3v) is 4.86. The van der Waals surface area contributed by atoms with E-state index in [4.69, 9.17) is 9.47 Å². The highest BCUT2D eigenvalue weighted by molar-refractivity contribution is 4.75. The predicted molar refractivity (Wildman–Crippen MR) is 81.9 cm³/mol. The molecule has 1 saturated heterocycles. The summed E-state index contributed by atoms with van der Waals surface area (Å²) in [6.45, 7) is 7.00. The van der Waals surface area contributed by atoms with Crippen LogP contribution < -0.4 is 0 Å². The van der Waals surface area contributed by atoms with Crippen LogP contribution in [0.25, 0.3) is 0 Å². The van der Waals surface area contributed by atoms with Crippen LogP contribution in [0, 0.1) is 5.92 Å². The Morgan fingerprint density at radius 3 is 2.20 bits per heavy atom. The van der Waals surface area contributed by atoms with Crippen LogP contribution in [0.5, 0.6) is 0 Å². The van der Waals surface area contributed by atoms with Crippen molar-refractivity contribution >= 4 is 0 Å². The average Bonchev–Trinajstić information content (AvgIpc) is 2.71. The van der Waals surface area contributed by atoms with E-state index in [9.17, 15) is 0 Å². The maximum Gasteiger partial charge on any atom is 0.169 e. The first-order valence-electron chi connectivity index (χ1n) is 8.32. The third kappa shape index (κ3) is 5.32. The van der Waals surface area contributed by atoms with Crippen LogP contribution in [0.4, 0.5) is 0 Å². The molecule has 1 heterocycles. The monoisotopic (exact) mass is 284 g/mol. The van der Waals surface area contributed by atoms with Crippen LogP contribution in [0.3, 0.4) is 0 Å². The summed E-state index contributed by atoms with van der Waals surface area (Å²) >= 11 is 0. The molecule has 0 amide bonds. The number of hydrogen-bond donors (Lipinski definition) is 0. The van der Waals surface area contributed by atoms with Crippen LogP contribution in [0.1, 0.15) is 38.5 Å². The average molecular weight is 284 g/mol. The van der Waals surface area contributed by atoms with Gasteiger partial charge in [-0.2, -0.15) is 0 Å². The highest BCUT2D eigenvalue weighted by atomic mass is 16.7. The quantitative estimate of drug-likeness (QED) is 0.698. The molecule has 0 aromatic rings. The van der Waals surface area contributed by atoms with E-state index in [1.54, 1.807) is 14.2 Å². The molecule has 20 heavy (non-hydrogen) atoms. The largest absolute Gasteiger partial charge is 0.355 e. The van der Waals surface area contributed by atoms with E-state index in [0.29, 0.717) is 0 Å². The summed E-state index contributed by atoms with van der Waals surface area (Å²) in [7, 11) is 3.45. The molecule has 4 heteroatoms. The molecule has 0 unspecified atom stereocenters. The predicted octanol–water partition coefficient (Wildman–Crippen LogP) is 2.19. The fraction of sp³-hybridized carbons (Fsp3) is 1.00. The van der Waals surface area contributed by atoms with Gasteiger partial charge in [0.2, 0.25) is 0 Å². The molecule has 1 saturated carbocycles. The van der Waals surface area contributed by atoms with Gasteiger partial charge in [-0.3, -0.25) is 4.90 Å². The summed E-state index contributed by atoms with van der Waals surface area (Å²) in [6.07, 6.45) is 8.46.